The van der Waals surface area contributed by atoms with Crippen LogP contribution in [0, 0.1) is 0 Å². The predicted octanol–water partition coefficient (Wildman–Crippen LogP) is 1.75. The molecule has 0 aliphatic heterocycles. The van der Waals surface area contributed by atoms with Crippen molar-refractivity contribution < 1.29 is 9.90 Å². The van der Waals surface area contributed by atoms with Gasteiger partial charge in [0.15, 0.2) is 5.69 Å². The van der Waals surface area contributed by atoms with Crippen LogP contribution in [0.1, 0.15) is 10.5 Å². The number of hydrogen-bond donors (Lipinski definition) is 1. The van der Waals surface area contributed by atoms with Gasteiger partial charge in [-0.3, -0.25) is 4.98 Å². The van der Waals surface area contributed by atoms with Crippen LogP contribution in [0.15, 0.2) is 30.5 Å². The number of aromatic carboxylic acids is 1. The van der Waals surface area contributed by atoms with Gasteiger partial charge >= 0.3 is 5.97 Å². The molecule has 0 unspecified atom stereocenters. The minimum atomic E-state index is -1.06. The van der Waals surface area contributed by atoms with Crippen LogP contribution in [0.25, 0.3) is 11.0 Å². The van der Waals surface area contributed by atoms with E-state index in [4.69, 9.17) is 5.11 Å². The van der Waals surface area contributed by atoms with Crippen molar-refractivity contribution in [3.8, 4) is 0 Å². The normalized spacial score (nSPS) is 9.43. The molecule has 0 bridgehead atoms. The number of fused-ring (bicyclic) bond motifs is 1. The molecule has 0 aliphatic rings. The number of rotatable bonds is 1. The number of para-hydroxylation sites is 2. The second-order valence-corrected chi connectivity index (χ2v) is 2.55. The maximum Gasteiger partial charge on any atom is 0.356 e. The number of nitrogens with zero attached hydrogens (tertiary/aromatic N) is 2. The Morgan fingerprint density at radius 2 is 1.86 bits per heavy atom. The molecule has 0 spiro atoms. The smallest absolute Gasteiger partial charge is 0.356 e. The molecular formula is C9H7ClN2O2. The summed E-state index contributed by atoms with van der Waals surface area (Å²) in [6, 6.07) is 7.14. The van der Waals surface area contributed by atoms with E-state index in [9.17, 15) is 4.79 Å². The lowest BCUT2D eigenvalue weighted by molar-refractivity contribution is 0.0690. The molecule has 1 aromatic carbocycles. The fourth-order valence-corrected chi connectivity index (χ4v) is 1.06. The zero-order chi connectivity index (χ0) is 9.26. The maximum atomic E-state index is 10.5. The number of hydrogen-bond acceptors (Lipinski definition) is 3. The van der Waals surface area contributed by atoms with Crippen LogP contribution in [0.5, 0.6) is 0 Å². The van der Waals surface area contributed by atoms with Crippen LogP contribution in [-0.4, -0.2) is 21.0 Å². The van der Waals surface area contributed by atoms with Crippen molar-refractivity contribution in [1.29, 1.82) is 0 Å². The fourth-order valence-electron chi connectivity index (χ4n) is 1.06. The molecule has 0 aliphatic carbocycles. The first-order chi connectivity index (χ1) is 6.27. The van der Waals surface area contributed by atoms with E-state index in [0.717, 1.165) is 0 Å². The summed E-state index contributed by atoms with van der Waals surface area (Å²) in [5, 5.41) is 8.64. The summed E-state index contributed by atoms with van der Waals surface area (Å²) in [4.78, 5) is 18.4. The average Bonchev–Trinajstić information content (AvgIpc) is 2.17. The maximum absolute atomic E-state index is 10.5. The number of benzene rings is 1. The first-order valence-corrected chi connectivity index (χ1v) is 3.72. The highest BCUT2D eigenvalue weighted by molar-refractivity contribution is 5.87. The van der Waals surface area contributed by atoms with Gasteiger partial charge in [-0.05, 0) is 12.1 Å². The minimum absolute atomic E-state index is 0. The molecule has 1 heterocycles. The lowest BCUT2D eigenvalue weighted by Crippen LogP contribution is -2.00. The molecule has 1 N–H and O–H groups in total. The van der Waals surface area contributed by atoms with Crippen molar-refractivity contribution in [1.82, 2.24) is 9.97 Å². The van der Waals surface area contributed by atoms with Crippen molar-refractivity contribution in [3.05, 3.63) is 36.2 Å². The highest BCUT2D eigenvalue weighted by Crippen LogP contribution is 2.07. The lowest BCUT2D eigenvalue weighted by Gasteiger charge is -1.96. The van der Waals surface area contributed by atoms with E-state index in [1.807, 2.05) is 6.07 Å². The highest BCUT2D eigenvalue weighted by atomic mass is 35.5. The molecule has 0 saturated heterocycles. The number of carboxylic acids is 1. The average molecular weight is 211 g/mol. The SMILES string of the molecule is Cl.O=C(O)c1cnc2ccccc2n1. The minimum Gasteiger partial charge on any atom is -0.476 e. The van der Waals surface area contributed by atoms with Gasteiger partial charge in [0.1, 0.15) is 0 Å². The van der Waals surface area contributed by atoms with Crippen molar-refractivity contribution in [2.75, 3.05) is 0 Å². The van der Waals surface area contributed by atoms with Crippen LogP contribution >= 0.6 is 12.4 Å². The molecule has 0 radical (unpaired) electrons. The molecule has 2 aromatic rings. The molecule has 72 valence electrons. The Kier molecular flexibility index (Phi) is 2.99. The Morgan fingerprint density at radius 1 is 1.21 bits per heavy atom. The summed E-state index contributed by atoms with van der Waals surface area (Å²) in [5.41, 5.74) is 1.27. The van der Waals surface area contributed by atoms with E-state index in [1.165, 1.54) is 6.20 Å². The van der Waals surface area contributed by atoms with Crippen LogP contribution in [0.3, 0.4) is 0 Å². The second kappa shape index (κ2) is 4.02. The van der Waals surface area contributed by atoms with E-state index >= 15 is 0 Å². The number of carboxylic acid groups (broad SMARTS) is 1. The summed E-state index contributed by atoms with van der Waals surface area (Å²) >= 11 is 0. The van der Waals surface area contributed by atoms with Crippen LogP contribution < -0.4 is 0 Å². The van der Waals surface area contributed by atoms with Crippen LogP contribution in [-0.2, 0) is 0 Å². The molecule has 2 rings (SSSR count). The second-order valence-electron chi connectivity index (χ2n) is 2.55. The summed E-state index contributed by atoms with van der Waals surface area (Å²) in [6.07, 6.45) is 1.25. The van der Waals surface area contributed by atoms with Gasteiger partial charge < -0.3 is 5.11 Å². The van der Waals surface area contributed by atoms with Crippen molar-refractivity contribution in [3.63, 3.8) is 0 Å². The molecule has 0 fully saturated rings. The van der Waals surface area contributed by atoms with Crippen molar-refractivity contribution in [2.24, 2.45) is 0 Å². The Bertz CT molecular complexity index is 473. The lowest BCUT2D eigenvalue weighted by atomic mass is 10.3. The Hall–Kier alpha value is -1.68. The Balaban J connectivity index is 0.000000980. The van der Waals surface area contributed by atoms with Gasteiger partial charge in [-0.1, -0.05) is 12.1 Å². The molecule has 5 heteroatoms. The monoisotopic (exact) mass is 210 g/mol. The number of carbonyl (C=O) groups is 1. The zero-order valence-corrected chi connectivity index (χ0v) is 7.86. The fraction of sp³-hybridized carbons (Fsp3) is 0. The van der Waals surface area contributed by atoms with Crippen LogP contribution in [0.2, 0.25) is 0 Å². The topological polar surface area (TPSA) is 63.1 Å². The molecule has 14 heavy (non-hydrogen) atoms. The summed E-state index contributed by atoms with van der Waals surface area (Å²) < 4.78 is 0. The van der Waals surface area contributed by atoms with E-state index in [-0.39, 0.29) is 18.1 Å². The summed E-state index contributed by atoms with van der Waals surface area (Å²) in [6.45, 7) is 0. The van der Waals surface area contributed by atoms with Crippen molar-refractivity contribution >= 4 is 29.4 Å². The molecule has 4 nitrogen and oxygen atoms in total. The molecule has 0 atom stereocenters. The first-order valence-electron chi connectivity index (χ1n) is 3.72. The largest absolute Gasteiger partial charge is 0.476 e. The highest BCUT2D eigenvalue weighted by Gasteiger charge is 2.05. The Labute approximate surface area is 86.0 Å². The molecule has 0 saturated carbocycles. The number of halogens is 1. The van der Waals surface area contributed by atoms with E-state index in [1.54, 1.807) is 18.2 Å². The summed E-state index contributed by atoms with van der Waals surface area (Å²) in [7, 11) is 0. The van der Waals surface area contributed by atoms with Gasteiger partial charge in [-0.15, -0.1) is 12.4 Å². The van der Waals surface area contributed by atoms with E-state index in [0.29, 0.717) is 11.0 Å². The molecule has 0 amide bonds. The van der Waals surface area contributed by atoms with Crippen LogP contribution in [0.4, 0.5) is 0 Å². The predicted molar refractivity (Wildman–Crippen MR) is 53.7 cm³/mol. The van der Waals surface area contributed by atoms with E-state index < -0.39 is 5.97 Å². The quantitative estimate of drug-likeness (QED) is 0.779. The standard InChI is InChI=1S/C9H6N2O2.ClH/c12-9(13)8-5-10-6-3-1-2-4-7(6)11-8;/h1-5H,(H,12,13);1H. The van der Waals surface area contributed by atoms with Gasteiger partial charge in [0.05, 0.1) is 17.2 Å². The third-order valence-corrected chi connectivity index (χ3v) is 1.67. The van der Waals surface area contributed by atoms with Crippen molar-refractivity contribution in [2.45, 2.75) is 0 Å². The zero-order valence-electron chi connectivity index (χ0n) is 7.04. The Morgan fingerprint density at radius 3 is 2.50 bits per heavy atom. The first kappa shape index (κ1) is 10.4. The van der Waals surface area contributed by atoms with Gasteiger partial charge in [0.2, 0.25) is 0 Å². The molecular weight excluding hydrogens is 204 g/mol. The van der Waals surface area contributed by atoms with E-state index in [2.05, 4.69) is 9.97 Å². The third-order valence-electron chi connectivity index (χ3n) is 1.67. The van der Waals surface area contributed by atoms with Gasteiger partial charge in [-0.25, -0.2) is 9.78 Å². The summed E-state index contributed by atoms with van der Waals surface area (Å²) in [5.74, 6) is -1.06. The molecule has 1 aromatic heterocycles. The number of aromatic nitrogens is 2. The van der Waals surface area contributed by atoms with Gasteiger partial charge in [0, 0.05) is 0 Å². The van der Waals surface area contributed by atoms with Gasteiger partial charge in [-0.2, -0.15) is 0 Å². The third kappa shape index (κ3) is 1.80. The van der Waals surface area contributed by atoms with Gasteiger partial charge in [0.25, 0.3) is 0 Å².